The molecule has 23 heavy (non-hydrogen) atoms. The second-order valence-electron chi connectivity index (χ2n) is 5.33. The molecular formula is C16H16ClN3O3. The minimum Gasteiger partial charge on any atom is -0.364 e. The molecule has 2 amide bonds. The van der Waals surface area contributed by atoms with Gasteiger partial charge in [0.1, 0.15) is 6.26 Å². The number of amides is 2. The number of nitrogens with zero attached hydrogens (tertiary/aromatic N) is 3. The summed E-state index contributed by atoms with van der Waals surface area (Å²) in [5.41, 5.74) is 1.11. The fourth-order valence-electron chi connectivity index (χ4n) is 2.56. The van der Waals surface area contributed by atoms with Crippen LogP contribution in [0.1, 0.15) is 16.1 Å². The van der Waals surface area contributed by atoms with E-state index >= 15 is 0 Å². The monoisotopic (exact) mass is 333 g/mol. The number of carbonyl (C=O) groups excluding carboxylic acids is 2. The van der Waals surface area contributed by atoms with Crippen molar-refractivity contribution >= 4 is 23.4 Å². The number of carbonyl (C=O) groups is 2. The molecule has 120 valence electrons. The summed E-state index contributed by atoms with van der Waals surface area (Å²) in [7, 11) is 0. The first-order valence-electron chi connectivity index (χ1n) is 7.36. The molecule has 1 aromatic carbocycles. The number of halogens is 1. The molecule has 0 aliphatic carbocycles. The molecule has 3 rings (SSSR count). The zero-order valence-electron chi connectivity index (χ0n) is 12.4. The van der Waals surface area contributed by atoms with Gasteiger partial charge in [0.2, 0.25) is 5.91 Å². The van der Waals surface area contributed by atoms with Crippen LogP contribution < -0.4 is 0 Å². The zero-order chi connectivity index (χ0) is 16.2. The van der Waals surface area contributed by atoms with Gasteiger partial charge >= 0.3 is 0 Å². The molecule has 1 saturated heterocycles. The highest BCUT2D eigenvalue weighted by Gasteiger charge is 2.26. The van der Waals surface area contributed by atoms with Crippen LogP contribution in [-0.4, -0.2) is 52.9 Å². The van der Waals surface area contributed by atoms with E-state index in [2.05, 4.69) is 9.68 Å². The van der Waals surface area contributed by atoms with E-state index in [0.717, 1.165) is 5.56 Å². The summed E-state index contributed by atoms with van der Waals surface area (Å²) in [5, 5.41) is 4.25. The second-order valence-corrected chi connectivity index (χ2v) is 5.73. The van der Waals surface area contributed by atoms with Crippen LogP contribution >= 0.6 is 11.6 Å². The maximum absolute atomic E-state index is 12.4. The molecule has 0 unspecified atom stereocenters. The standard InChI is InChI=1S/C16H16ClN3O3/c17-13-4-2-1-3-12(13)11-15(21)19-6-8-20(9-7-19)16(22)14-5-10-23-18-14/h1-5,10H,6-9,11H2. The van der Waals surface area contributed by atoms with Crippen molar-refractivity contribution in [3.63, 3.8) is 0 Å². The SMILES string of the molecule is O=C(Cc1ccccc1Cl)N1CCN(C(=O)c2ccon2)CC1. The highest BCUT2D eigenvalue weighted by Crippen LogP contribution is 2.17. The van der Waals surface area contributed by atoms with E-state index in [1.807, 2.05) is 18.2 Å². The van der Waals surface area contributed by atoms with Crippen molar-refractivity contribution < 1.29 is 14.1 Å². The van der Waals surface area contributed by atoms with Crippen molar-refractivity contribution in [2.75, 3.05) is 26.2 Å². The molecule has 0 radical (unpaired) electrons. The van der Waals surface area contributed by atoms with Crippen LogP contribution in [0.25, 0.3) is 0 Å². The quantitative estimate of drug-likeness (QED) is 0.860. The van der Waals surface area contributed by atoms with Crippen LogP contribution in [0.3, 0.4) is 0 Å². The van der Waals surface area contributed by atoms with Crippen molar-refractivity contribution in [3.8, 4) is 0 Å². The molecule has 7 heteroatoms. The lowest BCUT2D eigenvalue weighted by atomic mass is 10.1. The lowest BCUT2D eigenvalue weighted by Crippen LogP contribution is -2.51. The number of hydrogen-bond acceptors (Lipinski definition) is 4. The Labute approximate surface area is 138 Å². The summed E-state index contributed by atoms with van der Waals surface area (Å²) in [6.07, 6.45) is 1.65. The maximum Gasteiger partial charge on any atom is 0.276 e. The van der Waals surface area contributed by atoms with Crippen LogP contribution in [0.5, 0.6) is 0 Å². The third-order valence-corrected chi connectivity index (χ3v) is 4.24. The van der Waals surface area contributed by atoms with E-state index in [0.29, 0.717) is 36.9 Å². The van der Waals surface area contributed by atoms with Gasteiger partial charge in [-0.05, 0) is 11.6 Å². The molecule has 1 fully saturated rings. The van der Waals surface area contributed by atoms with Gasteiger partial charge in [0.05, 0.1) is 6.42 Å². The van der Waals surface area contributed by atoms with Gasteiger partial charge in [-0.3, -0.25) is 9.59 Å². The Morgan fingerprint density at radius 1 is 1.09 bits per heavy atom. The highest BCUT2D eigenvalue weighted by molar-refractivity contribution is 6.31. The van der Waals surface area contributed by atoms with Crippen molar-refractivity contribution in [3.05, 3.63) is 52.9 Å². The van der Waals surface area contributed by atoms with Crippen molar-refractivity contribution in [1.29, 1.82) is 0 Å². The summed E-state index contributed by atoms with van der Waals surface area (Å²) in [6.45, 7) is 1.99. The average molecular weight is 334 g/mol. The molecule has 0 atom stereocenters. The Morgan fingerprint density at radius 3 is 2.43 bits per heavy atom. The number of benzene rings is 1. The van der Waals surface area contributed by atoms with Gasteiger partial charge in [-0.1, -0.05) is 35.0 Å². The van der Waals surface area contributed by atoms with E-state index in [1.54, 1.807) is 15.9 Å². The van der Waals surface area contributed by atoms with Gasteiger partial charge in [0.15, 0.2) is 5.69 Å². The Hall–Kier alpha value is -2.34. The van der Waals surface area contributed by atoms with Gasteiger partial charge in [-0.15, -0.1) is 0 Å². The van der Waals surface area contributed by atoms with E-state index in [-0.39, 0.29) is 18.2 Å². The summed E-state index contributed by atoms with van der Waals surface area (Å²) >= 11 is 6.09. The number of aromatic nitrogens is 1. The van der Waals surface area contributed by atoms with Crippen molar-refractivity contribution in [2.24, 2.45) is 0 Å². The predicted molar refractivity (Wildman–Crippen MR) is 84.1 cm³/mol. The first kappa shape index (κ1) is 15.6. The molecule has 1 aromatic heterocycles. The van der Waals surface area contributed by atoms with E-state index < -0.39 is 0 Å². The minimum atomic E-state index is -0.169. The first-order chi connectivity index (χ1) is 11.1. The molecule has 0 bridgehead atoms. The van der Waals surface area contributed by atoms with Gasteiger partial charge < -0.3 is 14.3 Å². The molecule has 1 aliphatic heterocycles. The Bertz CT molecular complexity index is 694. The lowest BCUT2D eigenvalue weighted by molar-refractivity contribution is -0.131. The van der Waals surface area contributed by atoms with Gasteiger partial charge in [-0.25, -0.2) is 0 Å². The summed E-state index contributed by atoms with van der Waals surface area (Å²) < 4.78 is 4.69. The molecule has 0 N–H and O–H groups in total. The van der Waals surface area contributed by atoms with Crippen LogP contribution in [-0.2, 0) is 11.2 Å². The predicted octanol–water partition coefficient (Wildman–Crippen LogP) is 1.86. The molecule has 6 nitrogen and oxygen atoms in total. The van der Waals surface area contributed by atoms with Crippen LogP contribution in [0.2, 0.25) is 5.02 Å². The molecular weight excluding hydrogens is 318 g/mol. The fraction of sp³-hybridized carbons (Fsp3) is 0.312. The largest absolute Gasteiger partial charge is 0.364 e. The number of hydrogen-bond donors (Lipinski definition) is 0. The second kappa shape index (κ2) is 6.83. The van der Waals surface area contributed by atoms with Gasteiger partial charge in [0, 0.05) is 37.3 Å². The molecule has 2 heterocycles. The molecule has 2 aromatic rings. The normalized spacial score (nSPS) is 14.8. The highest BCUT2D eigenvalue weighted by atomic mass is 35.5. The minimum absolute atomic E-state index is 0.0200. The van der Waals surface area contributed by atoms with Gasteiger partial charge in [-0.2, -0.15) is 0 Å². The Balaban J connectivity index is 1.55. The Kier molecular flexibility index (Phi) is 4.62. The summed E-state index contributed by atoms with van der Waals surface area (Å²) in [5.74, 6) is -0.149. The smallest absolute Gasteiger partial charge is 0.276 e. The van der Waals surface area contributed by atoms with E-state index in [9.17, 15) is 9.59 Å². The number of piperazine rings is 1. The third-order valence-electron chi connectivity index (χ3n) is 3.88. The number of rotatable bonds is 3. The summed E-state index contributed by atoms with van der Waals surface area (Å²) in [4.78, 5) is 28.0. The summed E-state index contributed by atoms with van der Waals surface area (Å²) in [6, 6.07) is 8.87. The first-order valence-corrected chi connectivity index (χ1v) is 7.74. The molecule has 0 saturated carbocycles. The van der Waals surface area contributed by atoms with E-state index in [1.165, 1.54) is 12.3 Å². The lowest BCUT2D eigenvalue weighted by Gasteiger charge is -2.34. The van der Waals surface area contributed by atoms with Crippen LogP contribution in [0.4, 0.5) is 0 Å². The Morgan fingerprint density at radius 2 is 1.78 bits per heavy atom. The van der Waals surface area contributed by atoms with Crippen LogP contribution in [0.15, 0.2) is 41.1 Å². The topological polar surface area (TPSA) is 66.7 Å². The average Bonchev–Trinajstić information content (AvgIpc) is 3.11. The van der Waals surface area contributed by atoms with E-state index in [4.69, 9.17) is 11.6 Å². The van der Waals surface area contributed by atoms with Crippen LogP contribution in [0, 0.1) is 0 Å². The molecule has 0 spiro atoms. The zero-order valence-corrected chi connectivity index (χ0v) is 13.2. The van der Waals surface area contributed by atoms with Gasteiger partial charge in [0.25, 0.3) is 5.91 Å². The third kappa shape index (κ3) is 3.53. The molecule has 1 aliphatic rings. The van der Waals surface area contributed by atoms with Crippen molar-refractivity contribution in [1.82, 2.24) is 15.0 Å². The van der Waals surface area contributed by atoms with Crippen molar-refractivity contribution in [2.45, 2.75) is 6.42 Å². The maximum atomic E-state index is 12.4. The fourth-order valence-corrected chi connectivity index (χ4v) is 2.76.